The molecule has 0 radical (unpaired) electrons. The van der Waals surface area contributed by atoms with Crippen LogP contribution in [0.2, 0.25) is 0 Å². The summed E-state index contributed by atoms with van der Waals surface area (Å²) in [6.07, 6.45) is 11.3. The fraction of sp³-hybridized carbons (Fsp3) is 0.132. The molecule has 0 aromatic heterocycles. The molecule has 0 fully saturated rings. The van der Waals surface area contributed by atoms with Gasteiger partial charge in [-0.1, -0.05) is 38.5 Å². The van der Waals surface area contributed by atoms with Crippen molar-refractivity contribution in [2.75, 3.05) is 0 Å². The molecule has 0 spiro atoms. The average Bonchev–Trinajstić information content (AvgIpc) is 3.08. The Labute approximate surface area is 290 Å². The van der Waals surface area contributed by atoms with Crippen molar-refractivity contribution in [3.63, 3.8) is 0 Å². The lowest BCUT2D eigenvalue weighted by Crippen LogP contribution is -2.08. The van der Waals surface area contributed by atoms with Gasteiger partial charge in [0.15, 0.2) is 0 Å². The maximum absolute atomic E-state index is 11.7. The lowest BCUT2D eigenvalue weighted by Gasteiger charge is -2.10. The number of rotatable bonds is 19. The molecule has 2 aromatic carbocycles. The van der Waals surface area contributed by atoms with Gasteiger partial charge in [-0.15, -0.1) is 0 Å². The van der Waals surface area contributed by atoms with Crippen LogP contribution in [0.4, 0.5) is 0 Å². The second kappa shape index (κ2) is 20.7. The molecule has 12 heteroatoms. The third kappa shape index (κ3) is 14.5. The van der Waals surface area contributed by atoms with Gasteiger partial charge in [0.2, 0.25) is 6.29 Å². The van der Waals surface area contributed by atoms with Gasteiger partial charge in [0, 0.05) is 40.0 Å². The molecule has 2 rings (SSSR count). The molecule has 0 bridgehead atoms. The molecule has 2 aromatic rings. The fourth-order valence-corrected chi connectivity index (χ4v) is 3.04. The van der Waals surface area contributed by atoms with Crippen LogP contribution in [0.1, 0.15) is 38.8 Å². The van der Waals surface area contributed by atoms with Crippen LogP contribution in [0.25, 0.3) is 12.2 Å². The maximum Gasteiger partial charge on any atom is 0.338 e. The molecule has 1 N–H and O–H groups in total. The van der Waals surface area contributed by atoms with Crippen LogP contribution in [0.5, 0.6) is 23.0 Å². The highest BCUT2D eigenvalue weighted by molar-refractivity contribution is 5.88. The van der Waals surface area contributed by atoms with Crippen molar-refractivity contribution in [2.24, 2.45) is 0 Å². The molecule has 0 aliphatic rings. The van der Waals surface area contributed by atoms with Gasteiger partial charge in [0.1, 0.15) is 73.1 Å². The van der Waals surface area contributed by atoms with E-state index in [1.165, 1.54) is 33.3 Å². The Balaban J connectivity index is 2.39. The number of aliphatic hydroxyl groups is 1. The van der Waals surface area contributed by atoms with E-state index >= 15 is 0 Å². The summed E-state index contributed by atoms with van der Waals surface area (Å²) in [6, 6.07) is 9.76. The molecular formula is C38H38O12. The molecule has 50 heavy (non-hydrogen) atoms. The zero-order valence-corrected chi connectivity index (χ0v) is 28.1. The minimum absolute atomic E-state index is 0.206. The zero-order chi connectivity index (χ0) is 37.1. The number of aliphatic hydroxyl groups excluding tert-OH is 1. The van der Waals surface area contributed by atoms with Crippen LogP contribution in [-0.2, 0) is 33.3 Å². The van der Waals surface area contributed by atoms with E-state index in [1.807, 2.05) is 0 Å². The van der Waals surface area contributed by atoms with Crippen LogP contribution in [0.15, 0.2) is 135 Å². The van der Waals surface area contributed by atoms with Crippen molar-refractivity contribution < 1.29 is 57.4 Å². The highest BCUT2D eigenvalue weighted by Gasteiger charge is 2.08. The van der Waals surface area contributed by atoms with Crippen LogP contribution in [-0.4, -0.2) is 29.3 Å². The van der Waals surface area contributed by atoms with Gasteiger partial charge in [-0.25, -0.2) is 14.4 Å². The Morgan fingerprint density at radius 3 is 1.28 bits per heavy atom. The van der Waals surface area contributed by atoms with E-state index in [4.69, 9.17) is 37.9 Å². The van der Waals surface area contributed by atoms with E-state index in [-0.39, 0.29) is 22.5 Å². The highest BCUT2D eigenvalue weighted by atomic mass is 16.6. The van der Waals surface area contributed by atoms with E-state index in [2.05, 4.69) is 26.3 Å². The normalized spacial score (nSPS) is 11.8. The Morgan fingerprint density at radius 2 is 0.920 bits per heavy atom. The summed E-state index contributed by atoms with van der Waals surface area (Å²) in [5.41, 5.74) is 2.17. The van der Waals surface area contributed by atoms with Crippen molar-refractivity contribution in [1.82, 2.24) is 0 Å². The van der Waals surface area contributed by atoms with Gasteiger partial charge >= 0.3 is 17.9 Å². The third-order valence-electron chi connectivity index (χ3n) is 5.63. The van der Waals surface area contributed by atoms with Crippen LogP contribution in [0.3, 0.4) is 0 Å². The van der Waals surface area contributed by atoms with Gasteiger partial charge in [-0.3, -0.25) is 0 Å². The van der Waals surface area contributed by atoms with Crippen LogP contribution in [0, 0.1) is 0 Å². The average molecular weight is 687 g/mol. The summed E-state index contributed by atoms with van der Waals surface area (Å²) in [6.45, 7) is 20.3. The Hall–Kier alpha value is -6.53. The number of ether oxygens (including phenoxy) is 8. The molecule has 12 nitrogen and oxygen atoms in total. The van der Waals surface area contributed by atoms with Crippen molar-refractivity contribution >= 4 is 30.1 Å². The topological polar surface area (TPSA) is 145 Å². The van der Waals surface area contributed by atoms with Gasteiger partial charge in [-0.05, 0) is 57.5 Å². The second-order valence-electron chi connectivity index (χ2n) is 10.2. The number of hydrogen-bond donors (Lipinski definition) is 1. The van der Waals surface area contributed by atoms with Crippen molar-refractivity contribution in [3.8, 4) is 23.0 Å². The standard InChI is InChI=1S/C38H38O12/c1-25(2)35(39)47-19-15-43-31-13-11-29(33(23-31)45-17-21-49-37(41)27(5)6)9-10-30-12-14-32(44-16-20-48-36(40)26(3)4)24-34(30)46-18-22-50-38(42)28(7)8/h9-24,35,39H,1,3,5,7H2,2,4,6,8H3/b10-9+,19-15+,20-16+,21-17+,22-18+. The van der Waals surface area contributed by atoms with E-state index in [0.29, 0.717) is 33.9 Å². The Morgan fingerprint density at radius 1 is 0.560 bits per heavy atom. The quantitative estimate of drug-likeness (QED) is 0.0297. The molecule has 0 saturated heterocycles. The van der Waals surface area contributed by atoms with Gasteiger partial charge in [0.25, 0.3) is 0 Å². The summed E-state index contributed by atoms with van der Waals surface area (Å²) in [4.78, 5) is 35.0. The lowest BCUT2D eigenvalue weighted by atomic mass is 10.1. The second-order valence-corrected chi connectivity index (χ2v) is 10.2. The predicted octanol–water partition coefficient (Wildman–Crippen LogP) is 7.53. The minimum atomic E-state index is -1.19. The molecule has 0 aliphatic carbocycles. The molecule has 1 atom stereocenters. The van der Waals surface area contributed by atoms with E-state index in [9.17, 15) is 19.5 Å². The summed E-state index contributed by atoms with van der Waals surface area (Å²) in [5.74, 6) is -0.635. The molecule has 0 saturated carbocycles. The summed E-state index contributed by atoms with van der Waals surface area (Å²) in [5, 5.41) is 9.70. The van der Waals surface area contributed by atoms with Crippen molar-refractivity contribution in [2.45, 2.75) is 34.0 Å². The monoisotopic (exact) mass is 686 g/mol. The number of benzene rings is 2. The fourth-order valence-electron chi connectivity index (χ4n) is 3.04. The summed E-state index contributed by atoms with van der Waals surface area (Å²) < 4.78 is 42.4. The van der Waals surface area contributed by atoms with E-state index in [1.54, 1.807) is 55.5 Å². The van der Waals surface area contributed by atoms with Crippen LogP contribution >= 0.6 is 0 Å². The lowest BCUT2D eigenvalue weighted by molar-refractivity contribution is -0.134. The van der Waals surface area contributed by atoms with Gasteiger partial charge in [0.05, 0.1) is 0 Å². The van der Waals surface area contributed by atoms with E-state index in [0.717, 1.165) is 37.6 Å². The number of esters is 3. The number of hydrogen-bond acceptors (Lipinski definition) is 12. The van der Waals surface area contributed by atoms with E-state index < -0.39 is 24.2 Å². The van der Waals surface area contributed by atoms with Gasteiger partial charge in [-0.2, -0.15) is 0 Å². The summed E-state index contributed by atoms with van der Waals surface area (Å²) >= 11 is 0. The molecule has 1 unspecified atom stereocenters. The first-order valence-corrected chi connectivity index (χ1v) is 14.6. The first-order chi connectivity index (χ1) is 23.8. The Bertz CT molecular complexity index is 1740. The molecule has 0 heterocycles. The largest absolute Gasteiger partial charge is 0.466 e. The maximum atomic E-state index is 11.7. The first-order valence-electron chi connectivity index (χ1n) is 14.6. The highest BCUT2D eigenvalue weighted by Crippen LogP contribution is 2.31. The molecule has 262 valence electrons. The SMILES string of the molecule is C=C(C)C(=O)O/C=C/Oc1ccc(/C=C/c2ccc(O/C=C/OC(O)C(=C)C)cc2O/C=C/OC(=O)C(=C)C)c(O/C=C/OC(=O)C(=C)C)c1. The van der Waals surface area contributed by atoms with Crippen molar-refractivity contribution in [3.05, 3.63) is 146 Å². The number of carbonyl (C=O) groups is 3. The summed E-state index contributed by atoms with van der Waals surface area (Å²) in [7, 11) is 0. The molecule has 0 aliphatic heterocycles. The molecular weight excluding hydrogens is 648 g/mol. The van der Waals surface area contributed by atoms with Gasteiger partial charge < -0.3 is 43.0 Å². The number of carbonyl (C=O) groups excluding carboxylic acids is 3. The Kier molecular flexibility index (Phi) is 16.4. The van der Waals surface area contributed by atoms with Crippen LogP contribution < -0.4 is 18.9 Å². The third-order valence-corrected chi connectivity index (χ3v) is 5.63. The predicted molar refractivity (Wildman–Crippen MR) is 186 cm³/mol. The van der Waals surface area contributed by atoms with Crippen molar-refractivity contribution in [1.29, 1.82) is 0 Å². The minimum Gasteiger partial charge on any atom is -0.466 e. The zero-order valence-electron chi connectivity index (χ0n) is 28.1. The smallest absolute Gasteiger partial charge is 0.338 e. The molecule has 0 amide bonds. The first kappa shape index (κ1) is 39.6.